The van der Waals surface area contributed by atoms with Crippen LogP contribution in [0.5, 0.6) is 0 Å². The van der Waals surface area contributed by atoms with E-state index in [-0.39, 0.29) is 5.92 Å². The second-order valence-corrected chi connectivity index (χ2v) is 8.72. The van der Waals surface area contributed by atoms with E-state index in [4.69, 9.17) is 22.0 Å². The third-order valence-corrected chi connectivity index (χ3v) is 6.59. The molecule has 0 spiro atoms. The van der Waals surface area contributed by atoms with Crippen LogP contribution in [-0.4, -0.2) is 17.7 Å². The minimum absolute atomic E-state index is 0.0817. The normalized spacial score (nSPS) is 13.1. The molecule has 1 atom stereocenters. The number of nitrogens with one attached hydrogen (secondary N) is 2. The summed E-state index contributed by atoms with van der Waals surface area (Å²) in [6.45, 7) is 10.2. The molecule has 1 aromatic heterocycles. The molecule has 3 nitrogen and oxygen atoms in total. The average molecular weight is 434 g/mol. The molecule has 0 fully saturated rings. The van der Waals surface area contributed by atoms with Gasteiger partial charge in [0.05, 0.1) is 10.5 Å². The lowest BCUT2D eigenvalue weighted by molar-refractivity contribution is 0.867. The molecule has 0 aliphatic heterocycles. The molecule has 1 heterocycles. The number of fused-ring (bicyclic) bond motifs is 1. The van der Waals surface area contributed by atoms with Gasteiger partial charge in [-0.15, -0.1) is 0 Å². The summed E-state index contributed by atoms with van der Waals surface area (Å²) >= 11 is 6.99. The van der Waals surface area contributed by atoms with Crippen molar-refractivity contribution in [1.29, 1.82) is 5.41 Å². The molecule has 2 aromatic carbocycles. The average Bonchev–Trinajstić information content (AvgIpc) is 2.74. The van der Waals surface area contributed by atoms with Crippen LogP contribution in [0.2, 0.25) is 5.02 Å². The number of pyridine rings is 1. The first-order valence-electron chi connectivity index (χ1n) is 10.8. The van der Waals surface area contributed by atoms with Crippen LogP contribution in [0.15, 0.2) is 53.7 Å². The van der Waals surface area contributed by atoms with E-state index < -0.39 is 0 Å². The van der Waals surface area contributed by atoms with Gasteiger partial charge in [-0.25, -0.2) is 0 Å². The number of benzene rings is 2. The quantitative estimate of drug-likeness (QED) is 0.397. The van der Waals surface area contributed by atoms with Gasteiger partial charge in [-0.05, 0) is 74.4 Å². The van der Waals surface area contributed by atoms with Crippen molar-refractivity contribution < 1.29 is 0 Å². The maximum atomic E-state index is 8.29. The van der Waals surface area contributed by atoms with Crippen LogP contribution in [0, 0.1) is 19.3 Å². The lowest BCUT2D eigenvalue weighted by Crippen LogP contribution is -2.15. The summed E-state index contributed by atoms with van der Waals surface area (Å²) in [5.74, 6) is 0.0817. The zero-order chi connectivity index (χ0) is 22.7. The number of hydrogen-bond acceptors (Lipinski definition) is 3. The fourth-order valence-corrected chi connectivity index (χ4v) is 4.74. The molecule has 0 saturated heterocycles. The van der Waals surface area contributed by atoms with Crippen molar-refractivity contribution in [1.82, 2.24) is 10.3 Å². The molecule has 0 bridgehead atoms. The minimum atomic E-state index is 0.0817. The summed E-state index contributed by atoms with van der Waals surface area (Å²) in [6, 6.07) is 14.8. The summed E-state index contributed by atoms with van der Waals surface area (Å²) in [5.41, 5.74) is 9.27. The molecule has 1 unspecified atom stereocenters. The fourth-order valence-electron chi connectivity index (χ4n) is 4.37. The van der Waals surface area contributed by atoms with Gasteiger partial charge in [0, 0.05) is 35.5 Å². The van der Waals surface area contributed by atoms with Gasteiger partial charge in [-0.1, -0.05) is 54.9 Å². The van der Waals surface area contributed by atoms with Crippen LogP contribution in [-0.2, 0) is 12.8 Å². The van der Waals surface area contributed by atoms with Crippen molar-refractivity contribution in [2.24, 2.45) is 0 Å². The first kappa shape index (κ1) is 23.0. The van der Waals surface area contributed by atoms with E-state index in [1.165, 1.54) is 5.56 Å². The van der Waals surface area contributed by atoms with Crippen molar-refractivity contribution >= 4 is 28.2 Å². The number of hydrogen-bond donors (Lipinski definition) is 2. The largest absolute Gasteiger partial charge is 0.391 e. The third-order valence-electron chi connectivity index (χ3n) is 6.16. The van der Waals surface area contributed by atoms with Gasteiger partial charge < -0.3 is 10.7 Å². The number of aromatic nitrogens is 1. The maximum absolute atomic E-state index is 8.29. The first-order valence-corrected chi connectivity index (χ1v) is 11.2. The molecule has 0 radical (unpaired) electrons. The SMILES string of the molecule is CN/C(C)=C(\C(C)=N)C(C)c1cc(C)c2nc(C)c(CCc3ccccc3)c(Cl)c2c1. The predicted octanol–water partition coefficient (Wildman–Crippen LogP) is 6.93. The van der Waals surface area contributed by atoms with Crippen LogP contribution in [0.25, 0.3) is 10.9 Å². The molecule has 0 saturated carbocycles. The Morgan fingerprint density at radius 1 is 1.10 bits per heavy atom. The Hall–Kier alpha value is -2.65. The van der Waals surface area contributed by atoms with Crippen molar-refractivity contribution in [2.45, 2.75) is 53.4 Å². The van der Waals surface area contributed by atoms with E-state index in [2.05, 4.69) is 62.5 Å². The maximum Gasteiger partial charge on any atom is 0.0749 e. The predicted molar refractivity (Wildman–Crippen MR) is 134 cm³/mol. The molecular formula is C27H32ClN3. The number of rotatable bonds is 7. The highest BCUT2D eigenvalue weighted by Gasteiger charge is 2.20. The fraction of sp³-hybridized carbons (Fsp3) is 0.333. The standard InChI is InChI=1S/C27H32ClN3/c1-16-14-22(17(2)25(18(3)29)20(5)30-6)15-24-26(28)23(19(4)31-27(16)24)13-12-21-10-8-7-9-11-21/h7-11,14-15,17,29-30H,12-13H2,1-6H3/b25-20-,29-18?. The molecular weight excluding hydrogens is 402 g/mol. The van der Waals surface area contributed by atoms with Gasteiger partial charge in [0.15, 0.2) is 0 Å². The van der Waals surface area contributed by atoms with E-state index in [1.807, 2.05) is 27.0 Å². The second-order valence-electron chi connectivity index (χ2n) is 8.34. The van der Waals surface area contributed by atoms with Gasteiger partial charge in [-0.3, -0.25) is 4.98 Å². The zero-order valence-electron chi connectivity index (χ0n) is 19.4. The van der Waals surface area contributed by atoms with Crippen LogP contribution >= 0.6 is 11.6 Å². The van der Waals surface area contributed by atoms with Crippen molar-refractivity contribution in [3.63, 3.8) is 0 Å². The molecule has 2 N–H and O–H groups in total. The lowest BCUT2D eigenvalue weighted by Gasteiger charge is -2.21. The first-order chi connectivity index (χ1) is 14.7. The van der Waals surface area contributed by atoms with E-state index in [0.29, 0.717) is 5.71 Å². The molecule has 3 rings (SSSR count). The summed E-state index contributed by atoms with van der Waals surface area (Å²) in [5, 5.41) is 13.3. The Morgan fingerprint density at radius 3 is 2.39 bits per heavy atom. The van der Waals surface area contributed by atoms with Crippen molar-refractivity contribution in [3.8, 4) is 0 Å². The van der Waals surface area contributed by atoms with E-state index in [1.54, 1.807) is 0 Å². The number of halogens is 1. The van der Waals surface area contributed by atoms with E-state index in [0.717, 1.165) is 62.4 Å². The molecule has 3 aromatic rings. The molecule has 0 aliphatic rings. The Kier molecular flexibility index (Phi) is 7.17. The summed E-state index contributed by atoms with van der Waals surface area (Å²) in [4.78, 5) is 4.93. The minimum Gasteiger partial charge on any atom is -0.391 e. The molecule has 162 valence electrons. The number of aryl methyl sites for hydroxylation is 3. The monoisotopic (exact) mass is 433 g/mol. The molecule has 0 aliphatic carbocycles. The highest BCUT2D eigenvalue weighted by molar-refractivity contribution is 6.36. The summed E-state index contributed by atoms with van der Waals surface area (Å²) in [7, 11) is 1.90. The van der Waals surface area contributed by atoms with Gasteiger partial charge >= 0.3 is 0 Å². The third kappa shape index (κ3) is 4.83. The lowest BCUT2D eigenvalue weighted by atomic mass is 9.87. The Balaban J connectivity index is 2.08. The zero-order valence-corrected chi connectivity index (χ0v) is 20.1. The van der Waals surface area contributed by atoms with Crippen LogP contribution in [0.1, 0.15) is 54.6 Å². The van der Waals surface area contributed by atoms with Gasteiger partial charge in [0.1, 0.15) is 0 Å². The summed E-state index contributed by atoms with van der Waals surface area (Å²) in [6.07, 6.45) is 1.80. The Morgan fingerprint density at radius 2 is 1.77 bits per heavy atom. The molecule has 31 heavy (non-hydrogen) atoms. The second kappa shape index (κ2) is 9.65. The van der Waals surface area contributed by atoms with E-state index >= 15 is 0 Å². The highest BCUT2D eigenvalue weighted by atomic mass is 35.5. The number of nitrogens with zero attached hydrogens (tertiary/aromatic N) is 1. The van der Waals surface area contributed by atoms with Gasteiger partial charge in [0.25, 0.3) is 0 Å². The number of allylic oxidation sites excluding steroid dienone is 2. The Bertz CT molecular complexity index is 1150. The van der Waals surface area contributed by atoms with Crippen molar-refractivity contribution in [3.05, 3.63) is 86.7 Å². The van der Waals surface area contributed by atoms with Gasteiger partial charge in [-0.2, -0.15) is 0 Å². The van der Waals surface area contributed by atoms with Crippen LogP contribution < -0.4 is 5.32 Å². The van der Waals surface area contributed by atoms with Crippen LogP contribution in [0.3, 0.4) is 0 Å². The van der Waals surface area contributed by atoms with E-state index in [9.17, 15) is 0 Å². The smallest absolute Gasteiger partial charge is 0.0749 e. The highest BCUT2D eigenvalue weighted by Crippen LogP contribution is 2.35. The Labute approximate surface area is 191 Å². The van der Waals surface area contributed by atoms with Crippen molar-refractivity contribution in [2.75, 3.05) is 7.05 Å². The van der Waals surface area contributed by atoms with Crippen LogP contribution in [0.4, 0.5) is 0 Å². The molecule has 0 amide bonds. The topological polar surface area (TPSA) is 48.8 Å². The molecule has 4 heteroatoms. The van der Waals surface area contributed by atoms with Gasteiger partial charge in [0.2, 0.25) is 0 Å². The summed E-state index contributed by atoms with van der Waals surface area (Å²) < 4.78 is 0.